The molecule has 0 radical (unpaired) electrons. The van der Waals surface area contributed by atoms with Crippen molar-refractivity contribution in [1.82, 2.24) is 0 Å². The highest BCUT2D eigenvalue weighted by atomic mass is 17.2. The van der Waals surface area contributed by atoms with Crippen molar-refractivity contribution in [2.75, 3.05) is 0 Å². The molecule has 1 aliphatic rings. The summed E-state index contributed by atoms with van der Waals surface area (Å²) in [6.07, 6.45) is 5.62. The van der Waals surface area contributed by atoms with E-state index in [1.807, 2.05) is 42.5 Å². The smallest absolute Gasteiger partial charge is 0.293 e. The Labute approximate surface area is 143 Å². The SMILES string of the molecule is CCC1CCCCC1OOC(=O)c1ccc(-c2ccccc2)cc1. The van der Waals surface area contributed by atoms with Gasteiger partial charge in [0, 0.05) is 0 Å². The molecule has 2 atom stereocenters. The predicted octanol–water partition coefficient (Wildman–Crippen LogP) is 5.41. The minimum Gasteiger partial charge on any atom is -0.293 e. The van der Waals surface area contributed by atoms with Crippen molar-refractivity contribution in [1.29, 1.82) is 0 Å². The molecular weight excluding hydrogens is 300 g/mol. The molecule has 0 spiro atoms. The molecule has 0 N–H and O–H groups in total. The van der Waals surface area contributed by atoms with Crippen LogP contribution in [0.15, 0.2) is 54.6 Å². The Kier molecular flexibility index (Phi) is 5.65. The molecule has 0 saturated heterocycles. The van der Waals surface area contributed by atoms with Gasteiger partial charge in [-0.1, -0.05) is 68.7 Å². The summed E-state index contributed by atoms with van der Waals surface area (Å²) in [5, 5.41) is 0. The first-order chi connectivity index (χ1) is 11.8. The number of hydrogen-bond donors (Lipinski definition) is 0. The van der Waals surface area contributed by atoms with Crippen molar-refractivity contribution in [3.63, 3.8) is 0 Å². The summed E-state index contributed by atoms with van der Waals surface area (Å²) in [6, 6.07) is 17.5. The van der Waals surface area contributed by atoms with Crippen LogP contribution in [0.3, 0.4) is 0 Å². The number of carbonyl (C=O) groups is 1. The summed E-state index contributed by atoms with van der Waals surface area (Å²) < 4.78 is 0. The van der Waals surface area contributed by atoms with E-state index in [-0.39, 0.29) is 6.10 Å². The highest BCUT2D eigenvalue weighted by Gasteiger charge is 2.26. The molecule has 0 heterocycles. The molecule has 1 fully saturated rings. The quantitative estimate of drug-likeness (QED) is 0.545. The maximum atomic E-state index is 12.2. The zero-order valence-corrected chi connectivity index (χ0v) is 14.1. The van der Waals surface area contributed by atoms with Gasteiger partial charge in [0.2, 0.25) is 0 Å². The van der Waals surface area contributed by atoms with Gasteiger partial charge in [-0.2, -0.15) is 4.89 Å². The standard InChI is InChI=1S/C21H24O3/c1-2-16-8-6-7-11-20(16)23-24-21(22)19-14-12-18(13-15-19)17-9-4-3-5-10-17/h3-5,9-10,12-16,20H,2,6-8,11H2,1H3. The second-order valence-electron chi connectivity index (χ2n) is 6.40. The molecule has 3 nitrogen and oxygen atoms in total. The van der Waals surface area contributed by atoms with Crippen LogP contribution in [0.2, 0.25) is 0 Å². The lowest BCUT2D eigenvalue weighted by molar-refractivity contribution is -0.290. The molecule has 3 heteroatoms. The van der Waals surface area contributed by atoms with Crippen LogP contribution < -0.4 is 0 Å². The third-order valence-electron chi connectivity index (χ3n) is 4.84. The minimum atomic E-state index is -0.421. The van der Waals surface area contributed by atoms with Gasteiger partial charge in [0.05, 0.1) is 5.56 Å². The van der Waals surface area contributed by atoms with E-state index in [4.69, 9.17) is 9.78 Å². The van der Waals surface area contributed by atoms with E-state index in [9.17, 15) is 4.79 Å². The Morgan fingerprint density at radius 1 is 0.958 bits per heavy atom. The van der Waals surface area contributed by atoms with Crippen molar-refractivity contribution in [3.8, 4) is 11.1 Å². The molecule has 126 valence electrons. The van der Waals surface area contributed by atoms with Crippen molar-refractivity contribution in [3.05, 3.63) is 60.2 Å². The molecule has 0 bridgehead atoms. The highest BCUT2D eigenvalue weighted by molar-refractivity contribution is 5.89. The van der Waals surface area contributed by atoms with Gasteiger partial charge in [0.25, 0.3) is 0 Å². The Morgan fingerprint density at radius 2 is 1.62 bits per heavy atom. The lowest BCUT2D eigenvalue weighted by atomic mass is 9.85. The molecule has 3 rings (SSSR count). The average molecular weight is 324 g/mol. The highest BCUT2D eigenvalue weighted by Crippen LogP contribution is 2.29. The number of benzene rings is 2. The number of hydrogen-bond acceptors (Lipinski definition) is 3. The molecule has 2 aromatic rings. The predicted molar refractivity (Wildman–Crippen MR) is 94.4 cm³/mol. The van der Waals surface area contributed by atoms with Gasteiger partial charge in [-0.05, 0) is 42.0 Å². The van der Waals surface area contributed by atoms with Gasteiger partial charge in [0.15, 0.2) is 0 Å². The first-order valence-electron chi connectivity index (χ1n) is 8.81. The van der Waals surface area contributed by atoms with Crippen LogP contribution >= 0.6 is 0 Å². The fourth-order valence-corrected chi connectivity index (χ4v) is 3.35. The van der Waals surface area contributed by atoms with Crippen LogP contribution in [-0.4, -0.2) is 12.1 Å². The summed E-state index contributed by atoms with van der Waals surface area (Å²) in [5.74, 6) is 0.0713. The van der Waals surface area contributed by atoms with E-state index < -0.39 is 5.97 Å². The number of carbonyl (C=O) groups excluding carboxylic acids is 1. The van der Waals surface area contributed by atoms with Gasteiger partial charge in [-0.3, -0.25) is 4.89 Å². The van der Waals surface area contributed by atoms with E-state index in [1.165, 1.54) is 6.42 Å². The summed E-state index contributed by atoms with van der Waals surface area (Å²) in [7, 11) is 0. The molecule has 1 saturated carbocycles. The lowest BCUT2D eigenvalue weighted by Crippen LogP contribution is -2.28. The Bertz CT molecular complexity index is 649. The molecule has 24 heavy (non-hydrogen) atoms. The van der Waals surface area contributed by atoms with Crippen LogP contribution in [0, 0.1) is 5.92 Å². The van der Waals surface area contributed by atoms with Gasteiger partial charge < -0.3 is 0 Å². The Balaban J connectivity index is 1.59. The zero-order chi connectivity index (χ0) is 16.8. The van der Waals surface area contributed by atoms with E-state index in [0.29, 0.717) is 11.5 Å². The van der Waals surface area contributed by atoms with Gasteiger partial charge in [-0.25, -0.2) is 4.79 Å². The van der Waals surface area contributed by atoms with E-state index in [1.54, 1.807) is 12.1 Å². The first-order valence-corrected chi connectivity index (χ1v) is 8.81. The largest absolute Gasteiger partial charge is 0.373 e. The van der Waals surface area contributed by atoms with Crippen LogP contribution in [0.4, 0.5) is 0 Å². The number of rotatable bonds is 5. The maximum Gasteiger partial charge on any atom is 0.373 e. The van der Waals surface area contributed by atoms with E-state index >= 15 is 0 Å². The van der Waals surface area contributed by atoms with Gasteiger partial charge in [0.1, 0.15) is 6.10 Å². The molecule has 2 unspecified atom stereocenters. The Hall–Kier alpha value is -2.13. The topological polar surface area (TPSA) is 35.5 Å². The Morgan fingerprint density at radius 3 is 2.33 bits per heavy atom. The second-order valence-corrected chi connectivity index (χ2v) is 6.40. The average Bonchev–Trinajstić information content (AvgIpc) is 2.67. The third kappa shape index (κ3) is 4.04. The van der Waals surface area contributed by atoms with Crippen molar-refractivity contribution >= 4 is 5.97 Å². The molecule has 2 aromatic carbocycles. The molecule has 0 amide bonds. The van der Waals surface area contributed by atoms with Crippen LogP contribution in [0.1, 0.15) is 49.4 Å². The van der Waals surface area contributed by atoms with Crippen molar-refractivity contribution in [2.24, 2.45) is 5.92 Å². The second kappa shape index (κ2) is 8.11. The monoisotopic (exact) mass is 324 g/mol. The zero-order valence-electron chi connectivity index (χ0n) is 14.1. The van der Waals surface area contributed by atoms with Crippen LogP contribution in [0.5, 0.6) is 0 Å². The summed E-state index contributed by atoms with van der Waals surface area (Å²) >= 11 is 0. The molecular formula is C21H24O3. The lowest BCUT2D eigenvalue weighted by Gasteiger charge is -2.28. The fraction of sp³-hybridized carbons (Fsp3) is 0.381. The van der Waals surface area contributed by atoms with E-state index in [2.05, 4.69) is 6.92 Å². The molecule has 0 aliphatic heterocycles. The van der Waals surface area contributed by atoms with Crippen molar-refractivity contribution < 1.29 is 14.6 Å². The fourth-order valence-electron chi connectivity index (χ4n) is 3.35. The summed E-state index contributed by atoms with van der Waals surface area (Å²) in [4.78, 5) is 22.8. The van der Waals surface area contributed by atoms with Crippen LogP contribution in [0.25, 0.3) is 11.1 Å². The normalized spacial score (nSPS) is 20.5. The van der Waals surface area contributed by atoms with Gasteiger partial charge >= 0.3 is 5.97 Å². The third-order valence-corrected chi connectivity index (χ3v) is 4.84. The summed E-state index contributed by atoms with van der Waals surface area (Å²) in [6.45, 7) is 2.16. The minimum absolute atomic E-state index is 0.0382. The first kappa shape index (κ1) is 16.7. The maximum absolute atomic E-state index is 12.2. The van der Waals surface area contributed by atoms with Crippen LogP contribution in [-0.2, 0) is 9.78 Å². The molecule has 1 aliphatic carbocycles. The molecule has 0 aromatic heterocycles. The van der Waals surface area contributed by atoms with E-state index in [0.717, 1.165) is 36.8 Å². The van der Waals surface area contributed by atoms with Gasteiger partial charge in [-0.15, -0.1) is 0 Å². The summed E-state index contributed by atoms with van der Waals surface area (Å²) in [5.41, 5.74) is 2.71. The van der Waals surface area contributed by atoms with Crippen molar-refractivity contribution in [2.45, 2.75) is 45.1 Å².